The highest BCUT2D eigenvalue weighted by atomic mass is 32.2. The summed E-state index contributed by atoms with van der Waals surface area (Å²) in [6.45, 7) is 2.00. The summed E-state index contributed by atoms with van der Waals surface area (Å²) in [4.78, 5) is 0.364. The van der Waals surface area contributed by atoms with E-state index >= 15 is 0 Å². The lowest BCUT2D eigenvalue weighted by molar-refractivity contribution is -0.238. The molecule has 0 amide bonds. The lowest BCUT2D eigenvalue weighted by Crippen LogP contribution is -2.67. The van der Waals surface area contributed by atoms with Crippen LogP contribution in [0.5, 0.6) is 0 Å². The Morgan fingerprint density at radius 3 is 2.56 bits per heavy atom. The van der Waals surface area contributed by atoms with Crippen molar-refractivity contribution in [3.05, 3.63) is 30.3 Å². The summed E-state index contributed by atoms with van der Waals surface area (Å²) in [5, 5.41) is -0.535. The van der Waals surface area contributed by atoms with Crippen LogP contribution in [0.15, 0.2) is 35.2 Å². The zero-order valence-corrected chi connectivity index (χ0v) is 10.8. The summed E-state index contributed by atoms with van der Waals surface area (Å²) in [6.07, 6.45) is 0.166. The van der Waals surface area contributed by atoms with E-state index < -0.39 is 15.1 Å². The van der Waals surface area contributed by atoms with E-state index in [0.29, 0.717) is 11.3 Å². The van der Waals surface area contributed by atoms with Crippen LogP contribution in [-0.4, -0.2) is 37.6 Å². The largest absolute Gasteiger partial charge is 0.368 e. The third kappa shape index (κ3) is 1.15. The topological polar surface area (TPSA) is 52.6 Å². The summed E-state index contributed by atoms with van der Waals surface area (Å²) < 4.78 is 36.7. The van der Waals surface area contributed by atoms with Crippen molar-refractivity contribution in [3.63, 3.8) is 0 Å². The Kier molecular flexibility index (Phi) is 1.92. The molecule has 0 aliphatic carbocycles. The van der Waals surface area contributed by atoms with Crippen molar-refractivity contribution >= 4 is 9.84 Å². The minimum atomic E-state index is -3.36. The first kappa shape index (κ1) is 11.0. The van der Waals surface area contributed by atoms with Gasteiger partial charge >= 0.3 is 0 Å². The van der Waals surface area contributed by atoms with E-state index in [1.807, 2.05) is 13.0 Å². The molecular weight excluding hydrogens is 252 g/mol. The third-order valence-corrected chi connectivity index (χ3v) is 6.57. The molecular formula is C13H14O4S. The summed E-state index contributed by atoms with van der Waals surface area (Å²) in [5.74, 6) is 0. The van der Waals surface area contributed by atoms with Crippen LogP contribution in [0.4, 0.5) is 0 Å². The minimum Gasteiger partial charge on any atom is -0.368 e. The minimum absolute atomic E-state index is 0.0361. The molecule has 3 fully saturated rings. The maximum atomic E-state index is 12.6. The van der Waals surface area contributed by atoms with Crippen LogP contribution in [0.3, 0.4) is 0 Å². The molecule has 3 heterocycles. The lowest BCUT2D eigenvalue weighted by Gasteiger charge is -2.50. The number of ether oxygens (including phenoxy) is 2. The predicted octanol–water partition coefficient (Wildman–Crippen LogP) is 1.16. The lowest BCUT2D eigenvalue weighted by atomic mass is 9.78. The maximum Gasteiger partial charge on any atom is 0.186 e. The number of rotatable bonds is 2. The number of sulfone groups is 1. The molecule has 0 spiro atoms. The van der Waals surface area contributed by atoms with Crippen LogP contribution >= 0.6 is 0 Å². The van der Waals surface area contributed by atoms with Gasteiger partial charge in [-0.25, -0.2) is 8.42 Å². The molecule has 1 aromatic carbocycles. The van der Waals surface area contributed by atoms with E-state index in [2.05, 4.69) is 0 Å². The second-order valence-corrected chi connectivity index (χ2v) is 7.62. The molecule has 5 heteroatoms. The second-order valence-electron chi connectivity index (χ2n) is 5.52. The van der Waals surface area contributed by atoms with E-state index in [1.165, 1.54) is 0 Å². The molecule has 2 bridgehead atoms. The first-order valence-corrected chi connectivity index (χ1v) is 7.69. The molecule has 18 heavy (non-hydrogen) atoms. The van der Waals surface area contributed by atoms with Crippen LogP contribution in [0, 0.1) is 0 Å². The predicted molar refractivity (Wildman–Crippen MR) is 64.0 cm³/mol. The fourth-order valence-corrected chi connectivity index (χ4v) is 5.49. The number of hydrogen-bond acceptors (Lipinski definition) is 4. The van der Waals surface area contributed by atoms with Crippen LogP contribution in [-0.2, 0) is 19.3 Å². The van der Waals surface area contributed by atoms with Crippen molar-refractivity contribution in [1.82, 2.24) is 0 Å². The Labute approximate surface area is 106 Å². The molecule has 3 aliphatic rings. The molecule has 3 aliphatic heterocycles. The average molecular weight is 266 g/mol. The van der Waals surface area contributed by atoms with Gasteiger partial charge < -0.3 is 9.47 Å². The van der Waals surface area contributed by atoms with E-state index in [9.17, 15) is 8.42 Å². The maximum absolute atomic E-state index is 12.6. The van der Waals surface area contributed by atoms with Crippen molar-refractivity contribution < 1.29 is 17.9 Å². The zero-order valence-electron chi connectivity index (χ0n) is 9.94. The quantitative estimate of drug-likeness (QED) is 0.806. The van der Waals surface area contributed by atoms with Crippen LogP contribution < -0.4 is 0 Å². The molecule has 0 unspecified atom stereocenters. The molecule has 4 rings (SSSR count). The van der Waals surface area contributed by atoms with Gasteiger partial charge in [0.25, 0.3) is 0 Å². The molecule has 0 aromatic heterocycles. The SMILES string of the molecule is C[C@]12C[C@@H]3O[C@H]1[C@H](O2)[C@H]3S(=O)(=O)c1ccccc1. The molecule has 3 saturated heterocycles. The van der Waals surface area contributed by atoms with Gasteiger partial charge in [-0.15, -0.1) is 0 Å². The van der Waals surface area contributed by atoms with Crippen LogP contribution in [0.1, 0.15) is 13.3 Å². The van der Waals surface area contributed by atoms with Gasteiger partial charge in [0.05, 0.1) is 16.6 Å². The standard InChI is InChI=1S/C13H14O4S/c1-13-7-9-11(10(17-13)12(13)16-9)18(14,15)8-5-3-2-4-6-8/h2-6,9-12H,7H2,1H3/t9-,10+,11-,12-,13-/m0/s1. The highest BCUT2D eigenvalue weighted by molar-refractivity contribution is 7.92. The molecule has 1 aromatic rings. The molecule has 0 saturated carbocycles. The number of benzene rings is 1. The smallest absolute Gasteiger partial charge is 0.186 e. The first-order chi connectivity index (χ1) is 8.52. The van der Waals surface area contributed by atoms with Crippen molar-refractivity contribution in [2.24, 2.45) is 0 Å². The molecule has 0 radical (unpaired) electrons. The summed E-state index contributed by atoms with van der Waals surface area (Å²) in [5.41, 5.74) is -0.238. The first-order valence-electron chi connectivity index (χ1n) is 6.15. The summed E-state index contributed by atoms with van der Waals surface area (Å²) in [6, 6.07) is 8.57. The Morgan fingerprint density at radius 1 is 1.28 bits per heavy atom. The molecule has 5 atom stereocenters. The van der Waals surface area contributed by atoms with Gasteiger partial charge in [-0.2, -0.15) is 0 Å². The Balaban J connectivity index is 1.74. The fraction of sp³-hybridized carbons (Fsp3) is 0.538. The van der Waals surface area contributed by atoms with Crippen LogP contribution in [0.2, 0.25) is 0 Å². The van der Waals surface area contributed by atoms with Crippen molar-refractivity contribution in [1.29, 1.82) is 0 Å². The summed E-state index contributed by atoms with van der Waals surface area (Å²) in [7, 11) is -3.36. The van der Waals surface area contributed by atoms with E-state index in [-0.39, 0.29) is 23.9 Å². The van der Waals surface area contributed by atoms with Gasteiger partial charge in [0.1, 0.15) is 17.5 Å². The zero-order chi connectivity index (χ0) is 12.5. The highest BCUT2D eigenvalue weighted by Crippen LogP contribution is 2.56. The normalized spacial score (nSPS) is 44.9. The monoisotopic (exact) mass is 266 g/mol. The van der Waals surface area contributed by atoms with Crippen molar-refractivity contribution in [2.75, 3.05) is 0 Å². The van der Waals surface area contributed by atoms with Crippen LogP contribution in [0.25, 0.3) is 0 Å². The molecule has 4 nitrogen and oxygen atoms in total. The van der Waals surface area contributed by atoms with Gasteiger partial charge in [-0.05, 0) is 19.1 Å². The Bertz CT molecular complexity index is 593. The van der Waals surface area contributed by atoms with Crippen molar-refractivity contribution in [2.45, 2.75) is 47.4 Å². The third-order valence-electron chi connectivity index (χ3n) is 4.35. The second kappa shape index (κ2) is 3.15. The van der Waals surface area contributed by atoms with Gasteiger partial charge in [0, 0.05) is 6.42 Å². The van der Waals surface area contributed by atoms with Crippen molar-refractivity contribution in [3.8, 4) is 0 Å². The summed E-state index contributed by atoms with van der Waals surface area (Å²) >= 11 is 0. The molecule has 96 valence electrons. The number of fused-ring (bicyclic) bond motifs is 1. The Morgan fingerprint density at radius 2 is 2.00 bits per heavy atom. The van der Waals surface area contributed by atoms with Gasteiger partial charge in [-0.1, -0.05) is 18.2 Å². The van der Waals surface area contributed by atoms with Gasteiger partial charge in [-0.3, -0.25) is 0 Å². The van der Waals surface area contributed by atoms with E-state index in [4.69, 9.17) is 9.47 Å². The fourth-order valence-electron chi connectivity index (χ4n) is 3.52. The highest BCUT2D eigenvalue weighted by Gasteiger charge is 2.72. The Hall–Kier alpha value is -0.910. The van der Waals surface area contributed by atoms with E-state index in [1.54, 1.807) is 24.3 Å². The van der Waals surface area contributed by atoms with Gasteiger partial charge in [0.2, 0.25) is 0 Å². The number of hydrogen-bond donors (Lipinski definition) is 0. The molecule has 0 N–H and O–H groups in total. The van der Waals surface area contributed by atoms with E-state index in [0.717, 1.165) is 0 Å². The average Bonchev–Trinajstić information content (AvgIpc) is 2.78. The van der Waals surface area contributed by atoms with Gasteiger partial charge in [0.15, 0.2) is 9.84 Å².